The van der Waals surface area contributed by atoms with Crippen LogP contribution in [0.3, 0.4) is 0 Å². The molecule has 0 radical (unpaired) electrons. The molecule has 2 atom stereocenters. The van der Waals surface area contributed by atoms with Crippen molar-refractivity contribution in [2.45, 2.75) is 57.6 Å². The summed E-state index contributed by atoms with van der Waals surface area (Å²) in [6, 6.07) is 10.0. The molecule has 4 aromatic rings. The van der Waals surface area contributed by atoms with Crippen LogP contribution in [0.5, 0.6) is 0 Å². The first-order valence-electron chi connectivity index (χ1n) is 12.5. The molecular formula is C28H26ClFN4O3. The average molecular weight is 521 g/mol. The number of fused-ring (bicyclic) bond motifs is 1. The first-order valence-corrected chi connectivity index (χ1v) is 12.9. The van der Waals surface area contributed by atoms with Crippen LogP contribution < -0.4 is 11.1 Å². The molecule has 9 heteroatoms. The molecule has 0 N–H and O–H groups in total. The van der Waals surface area contributed by atoms with Crippen molar-refractivity contribution in [2.75, 3.05) is 6.61 Å². The van der Waals surface area contributed by atoms with E-state index in [1.807, 2.05) is 18.3 Å². The van der Waals surface area contributed by atoms with Gasteiger partial charge in [-0.05, 0) is 75.4 Å². The largest absolute Gasteiger partial charge is 0.373 e. The Balaban J connectivity index is 1.45. The van der Waals surface area contributed by atoms with Crippen LogP contribution >= 0.6 is 11.6 Å². The van der Waals surface area contributed by atoms with Gasteiger partial charge in [0.05, 0.1) is 11.8 Å². The van der Waals surface area contributed by atoms with Gasteiger partial charge in [-0.3, -0.25) is 9.59 Å². The molecular weight excluding hydrogens is 495 g/mol. The van der Waals surface area contributed by atoms with Crippen molar-refractivity contribution in [3.8, 4) is 11.1 Å². The normalized spacial score (nSPS) is 19.9. The number of rotatable bonds is 4. The number of aromatic nitrogens is 4. The number of ether oxygens (including phenoxy) is 1. The number of benzene rings is 1. The Morgan fingerprint density at radius 3 is 2.62 bits per heavy atom. The van der Waals surface area contributed by atoms with Gasteiger partial charge in [0, 0.05) is 58.2 Å². The standard InChI is InChI=1S/C28H26ClFN4O3/c1-15-16(2)31-27-22(21-7-4-19(29)12-23(21)30)13-24(32-34(27)28(15)36)17-9-10-37-25(11-17)18-3-8-26(35)33(14-18)20-5-6-20/h3-4,7-8,12-14,17,20,25H,5-6,9-11H2,1-2H3. The second-order valence-corrected chi connectivity index (χ2v) is 10.4. The van der Waals surface area contributed by atoms with Gasteiger partial charge in [0.2, 0.25) is 0 Å². The minimum atomic E-state index is -0.494. The smallest absolute Gasteiger partial charge is 0.277 e. The van der Waals surface area contributed by atoms with Gasteiger partial charge in [-0.25, -0.2) is 9.37 Å². The summed E-state index contributed by atoms with van der Waals surface area (Å²) in [6.07, 6.45) is 5.06. The minimum absolute atomic E-state index is 0.00183. The van der Waals surface area contributed by atoms with Crippen LogP contribution in [0.1, 0.15) is 66.3 Å². The van der Waals surface area contributed by atoms with Crippen molar-refractivity contribution < 1.29 is 9.13 Å². The molecule has 3 aromatic heterocycles. The lowest BCUT2D eigenvalue weighted by atomic mass is 9.89. The highest BCUT2D eigenvalue weighted by molar-refractivity contribution is 6.30. The van der Waals surface area contributed by atoms with Gasteiger partial charge in [-0.15, -0.1) is 0 Å². The van der Waals surface area contributed by atoms with Crippen LogP contribution in [0.4, 0.5) is 4.39 Å². The molecule has 2 aliphatic rings. The second-order valence-electron chi connectivity index (χ2n) is 9.99. The average Bonchev–Trinajstić information content (AvgIpc) is 3.73. The zero-order valence-electron chi connectivity index (χ0n) is 20.6. The number of aryl methyl sites for hydroxylation is 1. The Labute approximate surface area is 217 Å². The summed E-state index contributed by atoms with van der Waals surface area (Å²) in [5.41, 5.74) is 3.52. The quantitative estimate of drug-likeness (QED) is 0.365. The lowest BCUT2D eigenvalue weighted by molar-refractivity contribution is 0.00407. The fourth-order valence-corrected chi connectivity index (χ4v) is 5.24. The van der Waals surface area contributed by atoms with Crippen LogP contribution in [0.15, 0.2) is 52.2 Å². The maximum absolute atomic E-state index is 15.1. The van der Waals surface area contributed by atoms with Crippen LogP contribution in [-0.2, 0) is 4.74 Å². The van der Waals surface area contributed by atoms with Gasteiger partial charge in [-0.2, -0.15) is 9.61 Å². The fourth-order valence-electron chi connectivity index (χ4n) is 5.08. The van der Waals surface area contributed by atoms with Gasteiger partial charge < -0.3 is 9.30 Å². The van der Waals surface area contributed by atoms with Gasteiger partial charge in [0.15, 0.2) is 5.65 Å². The molecule has 2 unspecified atom stereocenters. The Morgan fingerprint density at radius 2 is 1.86 bits per heavy atom. The van der Waals surface area contributed by atoms with E-state index in [0.717, 1.165) is 18.4 Å². The highest BCUT2D eigenvalue weighted by Gasteiger charge is 2.30. The molecule has 0 bridgehead atoms. The lowest BCUT2D eigenvalue weighted by Crippen LogP contribution is -2.26. The number of hydrogen-bond donors (Lipinski definition) is 0. The van der Waals surface area contributed by atoms with Gasteiger partial charge in [-0.1, -0.05) is 11.6 Å². The molecule has 37 heavy (non-hydrogen) atoms. The van der Waals surface area contributed by atoms with Crippen molar-refractivity contribution in [3.05, 3.63) is 96.7 Å². The van der Waals surface area contributed by atoms with E-state index >= 15 is 4.39 Å². The predicted molar refractivity (Wildman–Crippen MR) is 139 cm³/mol. The molecule has 2 fully saturated rings. The van der Waals surface area contributed by atoms with E-state index in [0.29, 0.717) is 53.2 Å². The Kier molecular flexibility index (Phi) is 5.96. The summed E-state index contributed by atoms with van der Waals surface area (Å²) in [6.45, 7) is 3.98. The Morgan fingerprint density at radius 1 is 1.05 bits per heavy atom. The van der Waals surface area contributed by atoms with Crippen molar-refractivity contribution in [2.24, 2.45) is 0 Å². The SMILES string of the molecule is Cc1nc2c(-c3ccc(Cl)cc3F)cc(C3CCOC(c4ccc(=O)n(C5CC5)c4)C3)nn2c(=O)c1C. The highest BCUT2D eigenvalue weighted by Crippen LogP contribution is 2.39. The number of pyridine rings is 1. The number of nitrogens with zero attached hydrogens (tertiary/aromatic N) is 4. The maximum atomic E-state index is 15.1. The van der Waals surface area contributed by atoms with Crippen LogP contribution in [0, 0.1) is 19.7 Å². The van der Waals surface area contributed by atoms with Crippen molar-refractivity contribution >= 4 is 17.2 Å². The van der Waals surface area contributed by atoms with E-state index in [1.165, 1.54) is 10.6 Å². The van der Waals surface area contributed by atoms with Crippen LogP contribution in [0.2, 0.25) is 5.02 Å². The van der Waals surface area contributed by atoms with Gasteiger partial charge in [0.25, 0.3) is 11.1 Å². The maximum Gasteiger partial charge on any atom is 0.277 e. The fraction of sp³-hybridized carbons (Fsp3) is 0.357. The molecule has 1 aliphatic heterocycles. The molecule has 0 amide bonds. The Hall–Kier alpha value is -3.36. The second kappa shape index (κ2) is 9.19. The summed E-state index contributed by atoms with van der Waals surface area (Å²) in [4.78, 5) is 30.1. The molecule has 1 aromatic carbocycles. The summed E-state index contributed by atoms with van der Waals surface area (Å²) in [5, 5.41) is 5.00. The topological polar surface area (TPSA) is 78.5 Å². The summed E-state index contributed by atoms with van der Waals surface area (Å²) < 4.78 is 24.3. The molecule has 7 nitrogen and oxygen atoms in total. The monoisotopic (exact) mass is 520 g/mol. The third-order valence-corrected chi connectivity index (χ3v) is 7.71. The van der Waals surface area contributed by atoms with Crippen molar-refractivity contribution in [1.29, 1.82) is 0 Å². The zero-order chi connectivity index (χ0) is 25.8. The first-order chi connectivity index (χ1) is 17.8. The number of hydrogen-bond acceptors (Lipinski definition) is 5. The van der Waals surface area contributed by atoms with E-state index in [9.17, 15) is 9.59 Å². The third-order valence-electron chi connectivity index (χ3n) is 7.48. The minimum Gasteiger partial charge on any atom is -0.373 e. The van der Waals surface area contributed by atoms with E-state index in [-0.39, 0.29) is 34.2 Å². The van der Waals surface area contributed by atoms with Gasteiger partial charge in [0.1, 0.15) is 5.82 Å². The zero-order valence-corrected chi connectivity index (χ0v) is 21.3. The predicted octanol–water partition coefficient (Wildman–Crippen LogP) is 5.30. The Bertz CT molecular complexity index is 1660. The van der Waals surface area contributed by atoms with E-state index in [4.69, 9.17) is 21.4 Å². The molecule has 190 valence electrons. The van der Waals surface area contributed by atoms with Crippen LogP contribution in [-0.4, -0.2) is 25.8 Å². The molecule has 1 saturated heterocycles. The molecule has 1 aliphatic carbocycles. The van der Waals surface area contributed by atoms with E-state index < -0.39 is 5.82 Å². The molecule has 0 spiro atoms. The van der Waals surface area contributed by atoms with E-state index in [2.05, 4.69) is 4.98 Å². The first kappa shape index (κ1) is 24.0. The molecule has 1 saturated carbocycles. The summed E-state index contributed by atoms with van der Waals surface area (Å²) >= 11 is 6.01. The summed E-state index contributed by atoms with van der Waals surface area (Å²) in [5.74, 6) is -0.529. The summed E-state index contributed by atoms with van der Waals surface area (Å²) in [7, 11) is 0. The van der Waals surface area contributed by atoms with Crippen LogP contribution in [0.25, 0.3) is 16.8 Å². The molecule has 6 rings (SSSR count). The van der Waals surface area contributed by atoms with Crippen molar-refractivity contribution in [1.82, 2.24) is 19.2 Å². The van der Waals surface area contributed by atoms with Crippen molar-refractivity contribution in [3.63, 3.8) is 0 Å². The van der Waals surface area contributed by atoms with Gasteiger partial charge >= 0.3 is 0 Å². The molecule has 4 heterocycles. The number of halogens is 2. The lowest BCUT2D eigenvalue weighted by Gasteiger charge is -2.30. The third kappa shape index (κ3) is 4.38. The van der Waals surface area contributed by atoms with E-state index in [1.54, 1.807) is 36.6 Å². The highest BCUT2D eigenvalue weighted by atomic mass is 35.5.